The van der Waals surface area contributed by atoms with Crippen LogP contribution in [0.4, 0.5) is 0 Å². The molecule has 2 aliphatic rings. The summed E-state index contributed by atoms with van der Waals surface area (Å²) in [7, 11) is 0. The van der Waals surface area contributed by atoms with E-state index < -0.39 is 11.2 Å². The summed E-state index contributed by atoms with van der Waals surface area (Å²) in [5, 5.41) is 9.11. The number of esters is 1. The van der Waals surface area contributed by atoms with Crippen LogP contribution in [0.3, 0.4) is 0 Å². The molecule has 2 unspecified atom stereocenters. The van der Waals surface area contributed by atoms with Gasteiger partial charge in [0.05, 0.1) is 24.1 Å². The Kier molecular flexibility index (Phi) is 8.65. The molecule has 3 heterocycles. The van der Waals surface area contributed by atoms with Crippen molar-refractivity contribution in [1.29, 1.82) is 5.26 Å². The van der Waals surface area contributed by atoms with Crippen LogP contribution in [0.1, 0.15) is 126 Å². The summed E-state index contributed by atoms with van der Waals surface area (Å²) >= 11 is 0. The maximum atomic E-state index is 13.1. The van der Waals surface area contributed by atoms with Gasteiger partial charge in [0.15, 0.2) is 11.4 Å². The molecule has 0 spiro atoms. The molecule has 1 saturated heterocycles. The van der Waals surface area contributed by atoms with Gasteiger partial charge in [-0.3, -0.25) is 9.78 Å². The van der Waals surface area contributed by atoms with Crippen molar-refractivity contribution in [2.45, 2.75) is 110 Å². The molecule has 4 rings (SSSR count). The van der Waals surface area contributed by atoms with E-state index in [0.717, 1.165) is 54.6 Å². The van der Waals surface area contributed by atoms with Crippen molar-refractivity contribution in [1.82, 2.24) is 15.0 Å². The summed E-state index contributed by atoms with van der Waals surface area (Å²) < 4.78 is 11.9. The second kappa shape index (κ2) is 11.7. The van der Waals surface area contributed by atoms with Crippen molar-refractivity contribution in [2.75, 3.05) is 6.61 Å². The second-order valence-electron chi connectivity index (χ2n) is 12.9. The molecule has 8 heteroatoms. The van der Waals surface area contributed by atoms with Crippen LogP contribution < -0.4 is 0 Å². The molecule has 2 atom stereocenters. The van der Waals surface area contributed by atoms with Crippen LogP contribution in [0.2, 0.25) is 0 Å². The van der Waals surface area contributed by atoms with E-state index in [9.17, 15) is 9.59 Å². The van der Waals surface area contributed by atoms with Crippen LogP contribution in [-0.2, 0) is 20.7 Å². The van der Waals surface area contributed by atoms with Gasteiger partial charge in [-0.2, -0.15) is 5.26 Å². The number of imidazole rings is 1. The molecule has 2 aromatic heterocycles. The first-order chi connectivity index (χ1) is 18.8. The van der Waals surface area contributed by atoms with E-state index in [-0.39, 0.29) is 41.0 Å². The Labute approximate surface area is 237 Å². The van der Waals surface area contributed by atoms with Gasteiger partial charge in [-0.15, -0.1) is 0 Å². The zero-order valence-corrected chi connectivity index (χ0v) is 24.7. The van der Waals surface area contributed by atoms with Crippen LogP contribution in [0.5, 0.6) is 0 Å². The predicted octanol–water partition coefficient (Wildman–Crippen LogP) is 6.47. The summed E-state index contributed by atoms with van der Waals surface area (Å²) in [5.74, 6) is -0.356. The summed E-state index contributed by atoms with van der Waals surface area (Å²) in [6, 6.07) is 5.95. The largest absolute Gasteiger partial charge is 0.464 e. The predicted molar refractivity (Wildman–Crippen MR) is 153 cm³/mol. The number of unbranched alkanes of at least 4 members (excludes halogenated alkanes) is 1. The maximum Gasteiger partial charge on any atom is 0.338 e. The number of ether oxygens (including phenoxy) is 2. The average Bonchev–Trinajstić information content (AvgIpc) is 3.38. The van der Waals surface area contributed by atoms with Crippen molar-refractivity contribution in [3.8, 4) is 6.07 Å². The van der Waals surface area contributed by atoms with Gasteiger partial charge in [-0.1, -0.05) is 39.3 Å². The van der Waals surface area contributed by atoms with E-state index in [0.29, 0.717) is 19.4 Å². The third kappa shape index (κ3) is 6.87. The second-order valence-corrected chi connectivity index (χ2v) is 12.9. The quantitative estimate of drug-likeness (QED) is 0.217. The number of nitriles is 1. The smallest absolute Gasteiger partial charge is 0.338 e. The fourth-order valence-corrected chi connectivity index (χ4v) is 5.84. The minimum atomic E-state index is -1.07. The van der Waals surface area contributed by atoms with Crippen molar-refractivity contribution in [3.63, 3.8) is 0 Å². The Bertz CT molecular complexity index is 1330. The SMILES string of the molecule is CCCCOC(=O)C1(C)CC(c2ccc(CC(=O)c3ncc(C#N)[nH]3)c(C3=CCC(C)(C)CC3)n2)CC(C)(C)O1. The maximum absolute atomic E-state index is 13.1. The standard InChI is InChI=1S/C32H42N4O4/c1-7-8-15-39-29(38)32(6)18-23(17-31(4,5)40-32)25-10-9-22(16-26(37)28-34-20-24(19-33)35-28)27(36-25)21-11-13-30(2,3)14-12-21/h9-11,20,23H,7-8,12-18H2,1-6H3,(H,34,35). The molecule has 1 N–H and O–H groups in total. The molecule has 1 aliphatic carbocycles. The number of carbonyl (C=O) groups is 2. The molecule has 0 bridgehead atoms. The first-order valence-electron chi connectivity index (χ1n) is 14.4. The monoisotopic (exact) mass is 546 g/mol. The number of carbonyl (C=O) groups excluding carboxylic acids is 2. The molecule has 0 saturated carbocycles. The number of hydrogen-bond acceptors (Lipinski definition) is 7. The van der Waals surface area contributed by atoms with E-state index in [1.165, 1.54) is 6.20 Å². The van der Waals surface area contributed by atoms with E-state index in [2.05, 4.69) is 36.8 Å². The lowest BCUT2D eigenvalue weighted by molar-refractivity contribution is -0.205. The van der Waals surface area contributed by atoms with Crippen molar-refractivity contribution in [2.24, 2.45) is 5.41 Å². The first kappa shape index (κ1) is 29.7. The highest BCUT2D eigenvalue weighted by molar-refractivity contribution is 5.95. The summed E-state index contributed by atoms with van der Waals surface area (Å²) in [6.45, 7) is 12.8. The Balaban J connectivity index is 1.67. The molecule has 0 amide bonds. The summed E-state index contributed by atoms with van der Waals surface area (Å²) in [6.07, 6.45) is 9.57. The number of aromatic nitrogens is 3. The third-order valence-electron chi connectivity index (χ3n) is 8.04. The highest BCUT2D eigenvalue weighted by atomic mass is 16.6. The molecule has 1 aliphatic heterocycles. The average molecular weight is 547 g/mol. The lowest BCUT2D eigenvalue weighted by atomic mass is 9.76. The molecular weight excluding hydrogens is 504 g/mol. The molecule has 1 fully saturated rings. The van der Waals surface area contributed by atoms with Gasteiger partial charge < -0.3 is 14.5 Å². The van der Waals surface area contributed by atoms with E-state index in [1.54, 1.807) is 0 Å². The van der Waals surface area contributed by atoms with E-state index >= 15 is 0 Å². The van der Waals surface area contributed by atoms with Crippen LogP contribution in [0, 0.1) is 16.7 Å². The van der Waals surface area contributed by atoms with Gasteiger partial charge in [0.1, 0.15) is 11.8 Å². The minimum Gasteiger partial charge on any atom is -0.464 e. The number of allylic oxidation sites excluding steroid dienone is 2. The lowest BCUT2D eigenvalue weighted by Gasteiger charge is -2.45. The molecule has 0 radical (unpaired) electrons. The Morgan fingerprint density at radius 1 is 1.20 bits per heavy atom. The van der Waals surface area contributed by atoms with Gasteiger partial charge >= 0.3 is 5.97 Å². The molecule has 40 heavy (non-hydrogen) atoms. The number of H-pyrrole nitrogens is 1. The van der Waals surface area contributed by atoms with Crippen LogP contribution >= 0.6 is 0 Å². The Hall–Kier alpha value is -3.31. The third-order valence-corrected chi connectivity index (χ3v) is 8.04. The van der Waals surface area contributed by atoms with Crippen molar-refractivity contribution < 1.29 is 19.1 Å². The fourth-order valence-electron chi connectivity index (χ4n) is 5.84. The number of Topliss-reactive ketones (excluding diaryl/α,β-unsaturated/α-hetero) is 1. The summed E-state index contributed by atoms with van der Waals surface area (Å²) in [4.78, 5) is 38.3. The number of aromatic amines is 1. The van der Waals surface area contributed by atoms with E-state index in [1.807, 2.05) is 39.0 Å². The van der Waals surface area contributed by atoms with Gasteiger partial charge in [-0.25, -0.2) is 9.78 Å². The zero-order chi connectivity index (χ0) is 29.1. The van der Waals surface area contributed by atoms with E-state index in [4.69, 9.17) is 19.7 Å². The van der Waals surface area contributed by atoms with Gasteiger partial charge in [-0.05, 0) is 81.9 Å². The number of ketones is 1. The van der Waals surface area contributed by atoms with Gasteiger partial charge in [0, 0.05) is 18.0 Å². The lowest BCUT2D eigenvalue weighted by Crippen LogP contribution is -2.52. The molecule has 214 valence electrons. The molecule has 0 aromatic carbocycles. The number of hydrogen-bond donors (Lipinski definition) is 1. The zero-order valence-electron chi connectivity index (χ0n) is 24.7. The van der Waals surface area contributed by atoms with Crippen LogP contribution in [0.15, 0.2) is 24.4 Å². The number of rotatable bonds is 9. The topological polar surface area (TPSA) is 118 Å². The van der Waals surface area contributed by atoms with Crippen LogP contribution in [0.25, 0.3) is 5.57 Å². The Morgan fingerprint density at radius 2 is 1.98 bits per heavy atom. The summed E-state index contributed by atoms with van der Waals surface area (Å²) in [5.41, 5.74) is 2.59. The normalized spacial score (nSPS) is 23.6. The molecular formula is C32H42N4O4. The fraction of sp³-hybridized carbons (Fsp3) is 0.594. The Morgan fingerprint density at radius 3 is 2.62 bits per heavy atom. The molecule has 2 aromatic rings. The van der Waals surface area contributed by atoms with Gasteiger partial charge in [0.2, 0.25) is 5.78 Å². The number of pyridine rings is 1. The molecule has 8 nitrogen and oxygen atoms in total. The highest BCUT2D eigenvalue weighted by Crippen LogP contribution is 2.45. The highest BCUT2D eigenvalue weighted by Gasteiger charge is 2.48. The van der Waals surface area contributed by atoms with Gasteiger partial charge in [0.25, 0.3) is 0 Å². The van der Waals surface area contributed by atoms with Crippen molar-refractivity contribution >= 4 is 17.3 Å². The number of nitrogens with zero attached hydrogens (tertiary/aromatic N) is 3. The van der Waals surface area contributed by atoms with Crippen molar-refractivity contribution in [3.05, 3.63) is 52.9 Å². The first-order valence-corrected chi connectivity index (χ1v) is 14.4. The number of nitrogens with one attached hydrogen (secondary N) is 1. The van der Waals surface area contributed by atoms with Crippen LogP contribution in [-0.4, -0.2) is 44.5 Å². The minimum absolute atomic E-state index is 0.0140.